The van der Waals surface area contributed by atoms with Crippen molar-refractivity contribution in [2.45, 2.75) is 43.8 Å². The summed E-state index contributed by atoms with van der Waals surface area (Å²) in [6.07, 6.45) is -2.50. The zero-order valence-electron chi connectivity index (χ0n) is 12.1. The second-order valence-corrected chi connectivity index (χ2v) is 5.31. The molecule has 128 valence electrons. The molecule has 2 rings (SSSR count). The molecule has 0 aromatic carbocycles. The van der Waals surface area contributed by atoms with Gasteiger partial charge in [0, 0.05) is 6.07 Å². The Labute approximate surface area is 129 Å². The molecule has 0 unspecified atom stereocenters. The molecule has 1 aliphatic carbocycles. The van der Waals surface area contributed by atoms with E-state index in [9.17, 15) is 27.5 Å². The summed E-state index contributed by atoms with van der Waals surface area (Å²) in [4.78, 5) is 15.4. The maximum Gasteiger partial charge on any atom is 0.352 e. The molecule has 5 nitrogen and oxygen atoms in total. The van der Waals surface area contributed by atoms with E-state index in [1.807, 2.05) is 5.32 Å². The highest BCUT2D eigenvalue weighted by Gasteiger charge is 2.61. The summed E-state index contributed by atoms with van der Waals surface area (Å²) in [5, 5.41) is 11.6. The van der Waals surface area contributed by atoms with E-state index in [-0.39, 0.29) is 31.0 Å². The number of aromatic nitrogens is 1. The number of aliphatic hydroxyl groups is 1. The standard InChI is InChI=1S/C14H16F4N2O3/c15-10(16)8-23-11-4-1-3-9(20-11)7-19-12(21)14(17,18)13(22)5-2-6-13/h1,3-4,10,22H,2,5-8H2,(H,19,21). The van der Waals surface area contributed by atoms with E-state index in [4.69, 9.17) is 4.74 Å². The predicted octanol–water partition coefficient (Wildman–Crippen LogP) is 1.89. The van der Waals surface area contributed by atoms with Crippen LogP contribution in [0.4, 0.5) is 17.6 Å². The number of ether oxygens (including phenoxy) is 1. The number of pyridine rings is 1. The maximum absolute atomic E-state index is 13.8. The average Bonchev–Trinajstić information content (AvgIpc) is 2.48. The Morgan fingerprint density at radius 2 is 2.13 bits per heavy atom. The highest BCUT2D eigenvalue weighted by molar-refractivity contribution is 5.85. The minimum atomic E-state index is -3.89. The molecule has 1 aliphatic rings. The number of rotatable bonds is 7. The third-order valence-corrected chi connectivity index (χ3v) is 3.62. The molecule has 1 saturated carbocycles. The summed E-state index contributed by atoms with van der Waals surface area (Å²) in [5.41, 5.74) is -2.13. The van der Waals surface area contributed by atoms with Crippen molar-refractivity contribution in [3.8, 4) is 5.88 Å². The smallest absolute Gasteiger partial charge is 0.352 e. The van der Waals surface area contributed by atoms with Gasteiger partial charge in [-0.1, -0.05) is 6.07 Å². The van der Waals surface area contributed by atoms with Crippen LogP contribution in [0.5, 0.6) is 5.88 Å². The van der Waals surface area contributed by atoms with E-state index in [2.05, 4.69) is 4.98 Å². The van der Waals surface area contributed by atoms with Crippen LogP contribution in [0, 0.1) is 0 Å². The molecule has 1 heterocycles. The van der Waals surface area contributed by atoms with Gasteiger partial charge < -0.3 is 15.2 Å². The Bertz CT molecular complexity index is 565. The van der Waals surface area contributed by atoms with Crippen LogP contribution in [0.2, 0.25) is 0 Å². The van der Waals surface area contributed by atoms with E-state index >= 15 is 0 Å². The van der Waals surface area contributed by atoms with Crippen molar-refractivity contribution >= 4 is 5.91 Å². The molecule has 0 radical (unpaired) electrons. The SMILES string of the molecule is O=C(NCc1cccc(OCC(F)F)n1)C(F)(F)C1(O)CCC1. The van der Waals surface area contributed by atoms with E-state index in [1.165, 1.54) is 18.2 Å². The summed E-state index contributed by atoms with van der Waals surface area (Å²) in [6.45, 7) is -1.18. The van der Waals surface area contributed by atoms with Crippen LogP contribution < -0.4 is 10.1 Å². The molecule has 23 heavy (non-hydrogen) atoms. The van der Waals surface area contributed by atoms with Crippen LogP contribution in [-0.2, 0) is 11.3 Å². The van der Waals surface area contributed by atoms with Crippen LogP contribution >= 0.6 is 0 Å². The molecular formula is C14H16F4N2O3. The van der Waals surface area contributed by atoms with Crippen molar-refractivity contribution in [1.82, 2.24) is 10.3 Å². The number of amides is 1. The second-order valence-electron chi connectivity index (χ2n) is 5.31. The van der Waals surface area contributed by atoms with Gasteiger partial charge in [-0.25, -0.2) is 13.8 Å². The molecular weight excluding hydrogens is 320 g/mol. The van der Waals surface area contributed by atoms with Crippen molar-refractivity contribution in [2.24, 2.45) is 0 Å². The fraction of sp³-hybridized carbons (Fsp3) is 0.571. The molecule has 1 amide bonds. The van der Waals surface area contributed by atoms with E-state index in [1.54, 1.807) is 0 Å². The normalized spacial score (nSPS) is 16.8. The first kappa shape index (κ1) is 17.5. The minimum Gasteiger partial charge on any atom is -0.472 e. The third-order valence-electron chi connectivity index (χ3n) is 3.62. The first-order valence-electron chi connectivity index (χ1n) is 7.00. The number of halogens is 4. The first-order valence-corrected chi connectivity index (χ1v) is 7.00. The van der Waals surface area contributed by atoms with E-state index < -0.39 is 30.5 Å². The monoisotopic (exact) mass is 336 g/mol. The van der Waals surface area contributed by atoms with Crippen molar-refractivity contribution in [2.75, 3.05) is 6.61 Å². The number of nitrogens with zero attached hydrogens (tertiary/aromatic N) is 1. The number of nitrogens with one attached hydrogen (secondary N) is 1. The Morgan fingerprint density at radius 1 is 1.43 bits per heavy atom. The van der Waals surface area contributed by atoms with Crippen molar-refractivity contribution in [1.29, 1.82) is 0 Å². The fourth-order valence-corrected chi connectivity index (χ4v) is 2.10. The number of carbonyl (C=O) groups is 1. The average molecular weight is 336 g/mol. The Morgan fingerprint density at radius 3 is 2.70 bits per heavy atom. The van der Waals surface area contributed by atoms with E-state index in [0.717, 1.165) is 0 Å². The summed E-state index contributed by atoms with van der Waals surface area (Å²) < 4.78 is 56.5. The minimum absolute atomic E-state index is 0.0959. The topological polar surface area (TPSA) is 71.5 Å². The lowest BCUT2D eigenvalue weighted by molar-refractivity contribution is -0.216. The number of hydrogen-bond donors (Lipinski definition) is 2. The summed E-state index contributed by atoms with van der Waals surface area (Å²) in [7, 11) is 0. The van der Waals surface area contributed by atoms with Gasteiger partial charge in [0.1, 0.15) is 5.60 Å². The van der Waals surface area contributed by atoms with Gasteiger partial charge in [-0.15, -0.1) is 0 Å². The number of carbonyl (C=O) groups excluding carboxylic acids is 1. The molecule has 0 bridgehead atoms. The van der Waals surface area contributed by atoms with Crippen molar-refractivity contribution in [3.63, 3.8) is 0 Å². The molecule has 0 saturated heterocycles. The largest absolute Gasteiger partial charge is 0.472 e. The van der Waals surface area contributed by atoms with E-state index in [0.29, 0.717) is 6.42 Å². The zero-order chi connectivity index (χ0) is 17.1. The van der Waals surface area contributed by atoms with Crippen LogP contribution in [0.3, 0.4) is 0 Å². The highest BCUT2D eigenvalue weighted by atomic mass is 19.3. The quantitative estimate of drug-likeness (QED) is 0.746. The molecule has 1 fully saturated rings. The number of hydrogen-bond acceptors (Lipinski definition) is 4. The molecule has 2 N–H and O–H groups in total. The lowest BCUT2D eigenvalue weighted by Crippen LogP contribution is -2.60. The molecule has 0 atom stereocenters. The zero-order valence-corrected chi connectivity index (χ0v) is 12.1. The Kier molecular flexibility index (Phi) is 5.08. The predicted molar refractivity (Wildman–Crippen MR) is 71.3 cm³/mol. The van der Waals surface area contributed by atoms with Crippen LogP contribution in [0.25, 0.3) is 0 Å². The van der Waals surface area contributed by atoms with Gasteiger partial charge in [-0.3, -0.25) is 4.79 Å². The highest BCUT2D eigenvalue weighted by Crippen LogP contribution is 2.44. The molecule has 0 spiro atoms. The van der Waals surface area contributed by atoms with Crippen LogP contribution in [0.1, 0.15) is 25.0 Å². The van der Waals surface area contributed by atoms with Crippen molar-refractivity contribution < 1.29 is 32.2 Å². The second kappa shape index (κ2) is 6.69. The third kappa shape index (κ3) is 3.90. The van der Waals surface area contributed by atoms with Crippen LogP contribution in [-0.4, -0.2) is 40.6 Å². The molecule has 0 aliphatic heterocycles. The lowest BCUT2D eigenvalue weighted by Gasteiger charge is -2.41. The number of alkyl halides is 4. The van der Waals surface area contributed by atoms with Crippen LogP contribution in [0.15, 0.2) is 18.2 Å². The molecule has 1 aromatic heterocycles. The van der Waals surface area contributed by atoms with Gasteiger partial charge >= 0.3 is 5.92 Å². The van der Waals surface area contributed by atoms with Gasteiger partial charge in [-0.2, -0.15) is 8.78 Å². The first-order chi connectivity index (χ1) is 10.7. The van der Waals surface area contributed by atoms with Crippen molar-refractivity contribution in [3.05, 3.63) is 23.9 Å². The summed E-state index contributed by atoms with van der Waals surface area (Å²) in [5.74, 6) is -5.59. The maximum atomic E-state index is 13.8. The summed E-state index contributed by atoms with van der Waals surface area (Å²) in [6, 6.07) is 4.19. The Balaban J connectivity index is 1.92. The van der Waals surface area contributed by atoms with Gasteiger partial charge in [0.2, 0.25) is 5.88 Å². The van der Waals surface area contributed by atoms with Gasteiger partial charge in [0.05, 0.1) is 12.2 Å². The lowest BCUT2D eigenvalue weighted by atomic mass is 9.75. The van der Waals surface area contributed by atoms with Gasteiger partial charge in [0.15, 0.2) is 6.61 Å². The van der Waals surface area contributed by atoms with Gasteiger partial charge in [0.25, 0.3) is 12.3 Å². The molecule has 9 heteroatoms. The fourth-order valence-electron chi connectivity index (χ4n) is 2.10. The molecule has 1 aromatic rings. The van der Waals surface area contributed by atoms with Gasteiger partial charge in [-0.05, 0) is 25.3 Å². The Hall–Kier alpha value is -1.90. The summed E-state index contributed by atoms with van der Waals surface area (Å²) >= 11 is 0.